The first kappa shape index (κ1) is 16.0. The lowest BCUT2D eigenvalue weighted by molar-refractivity contribution is -0.121. The average molecular weight is 283 g/mol. The predicted octanol–water partition coefficient (Wildman–Crippen LogP) is 2.68. The van der Waals surface area contributed by atoms with Crippen LogP contribution >= 0.6 is 12.4 Å². The third-order valence-corrected chi connectivity index (χ3v) is 3.60. The quantitative estimate of drug-likeness (QED) is 0.861. The van der Waals surface area contributed by atoms with Crippen molar-refractivity contribution in [3.63, 3.8) is 0 Å². The van der Waals surface area contributed by atoms with Crippen molar-refractivity contribution in [1.82, 2.24) is 0 Å². The third kappa shape index (κ3) is 3.10. The van der Waals surface area contributed by atoms with Crippen LogP contribution in [0, 0.1) is 12.3 Å². The van der Waals surface area contributed by atoms with Crippen molar-refractivity contribution in [3.8, 4) is 0 Å². The highest BCUT2D eigenvalue weighted by Crippen LogP contribution is 2.31. The molecule has 0 aliphatic carbocycles. The molecular formula is C15H23ClN2O. The van der Waals surface area contributed by atoms with Gasteiger partial charge in [0.05, 0.1) is 6.04 Å². The second-order valence-electron chi connectivity index (χ2n) is 6.22. The summed E-state index contributed by atoms with van der Waals surface area (Å²) < 4.78 is 0. The van der Waals surface area contributed by atoms with Gasteiger partial charge in [0, 0.05) is 12.2 Å². The number of fused-ring (bicyclic) bond motifs is 1. The van der Waals surface area contributed by atoms with E-state index in [2.05, 4.69) is 18.2 Å². The summed E-state index contributed by atoms with van der Waals surface area (Å²) in [6.45, 7) is 8.81. The Labute approximate surface area is 121 Å². The van der Waals surface area contributed by atoms with E-state index in [1.807, 2.05) is 32.6 Å². The highest BCUT2D eigenvalue weighted by molar-refractivity contribution is 5.99. The first-order valence-electron chi connectivity index (χ1n) is 6.47. The maximum atomic E-state index is 12.5. The van der Waals surface area contributed by atoms with E-state index in [0.29, 0.717) is 0 Å². The number of anilines is 1. The summed E-state index contributed by atoms with van der Waals surface area (Å²) in [6.07, 6.45) is 0.929. The van der Waals surface area contributed by atoms with E-state index in [0.717, 1.165) is 18.7 Å². The zero-order valence-electron chi connectivity index (χ0n) is 12.1. The lowest BCUT2D eigenvalue weighted by Gasteiger charge is -2.30. The molecule has 2 N–H and O–H groups in total. The molecule has 1 aliphatic heterocycles. The largest absolute Gasteiger partial charge is 0.319 e. The molecule has 2 rings (SSSR count). The number of nitrogens with zero attached hydrogens (tertiary/aromatic N) is 1. The van der Waals surface area contributed by atoms with Crippen LogP contribution in [0.3, 0.4) is 0 Å². The number of amides is 1. The molecule has 19 heavy (non-hydrogen) atoms. The van der Waals surface area contributed by atoms with Crippen molar-refractivity contribution in [2.24, 2.45) is 11.1 Å². The fourth-order valence-corrected chi connectivity index (χ4v) is 2.26. The van der Waals surface area contributed by atoms with E-state index in [-0.39, 0.29) is 23.7 Å². The Morgan fingerprint density at radius 3 is 2.58 bits per heavy atom. The van der Waals surface area contributed by atoms with Crippen molar-refractivity contribution >= 4 is 24.0 Å². The normalized spacial score (nSPS) is 15.7. The lowest BCUT2D eigenvalue weighted by atomic mass is 9.86. The van der Waals surface area contributed by atoms with Gasteiger partial charge in [-0.3, -0.25) is 4.79 Å². The maximum absolute atomic E-state index is 12.5. The molecule has 0 bridgehead atoms. The molecule has 1 aliphatic rings. The average Bonchev–Trinajstić information content (AvgIpc) is 2.68. The number of rotatable bonds is 1. The minimum absolute atomic E-state index is 0. The zero-order chi connectivity index (χ0) is 13.5. The van der Waals surface area contributed by atoms with Crippen LogP contribution in [0.1, 0.15) is 31.9 Å². The van der Waals surface area contributed by atoms with E-state index < -0.39 is 6.04 Å². The van der Waals surface area contributed by atoms with Gasteiger partial charge < -0.3 is 10.6 Å². The Kier molecular flexibility index (Phi) is 4.64. The molecule has 0 saturated carbocycles. The summed E-state index contributed by atoms with van der Waals surface area (Å²) in [5.41, 5.74) is 9.34. The Morgan fingerprint density at radius 2 is 2.00 bits per heavy atom. The summed E-state index contributed by atoms with van der Waals surface area (Å²) in [7, 11) is 0. The maximum Gasteiger partial charge on any atom is 0.244 e. The molecule has 0 unspecified atom stereocenters. The van der Waals surface area contributed by atoms with Crippen molar-refractivity contribution in [2.45, 2.75) is 40.2 Å². The number of aryl methyl sites for hydroxylation is 1. The topological polar surface area (TPSA) is 46.3 Å². The van der Waals surface area contributed by atoms with Crippen LogP contribution in [0.15, 0.2) is 18.2 Å². The van der Waals surface area contributed by atoms with Gasteiger partial charge in [0.1, 0.15) is 0 Å². The number of halogens is 1. The summed E-state index contributed by atoms with van der Waals surface area (Å²) in [6, 6.07) is 5.83. The fourth-order valence-electron chi connectivity index (χ4n) is 2.26. The lowest BCUT2D eigenvalue weighted by Crippen LogP contribution is -2.50. The number of hydrogen-bond donors (Lipinski definition) is 1. The second kappa shape index (κ2) is 5.51. The van der Waals surface area contributed by atoms with E-state index >= 15 is 0 Å². The number of carbonyl (C=O) groups excluding carboxylic acids is 1. The van der Waals surface area contributed by atoms with Crippen LogP contribution in [0.5, 0.6) is 0 Å². The highest BCUT2D eigenvalue weighted by Gasteiger charge is 2.34. The minimum atomic E-state index is -0.455. The monoisotopic (exact) mass is 282 g/mol. The standard InChI is InChI=1S/C15H22N2O.ClH/c1-10-5-6-11-7-8-17(12(11)9-10)14(18)13(16)15(2,3)4;/h5-6,9,13H,7-8,16H2,1-4H3;1H/t13-;/m1./s1. The van der Waals surface area contributed by atoms with Crippen LogP contribution in [-0.4, -0.2) is 18.5 Å². The Morgan fingerprint density at radius 1 is 1.37 bits per heavy atom. The first-order chi connectivity index (χ1) is 8.30. The Bertz CT molecular complexity index is 480. The highest BCUT2D eigenvalue weighted by atomic mass is 35.5. The smallest absolute Gasteiger partial charge is 0.244 e. The molecule has 0 aromatic heterocycles. The molecule has 4 heteroatoms. The van der Waals surface area contributed by atoms with Gasteiger partial charge in [-0.25, -0.2) is 0 Å². The molecule has 0 fully saturated rings. The SMILES string of the molecule is Cc1ccc2c(c1)N(C(=O)[C@@H](N)C(C)(C)C)CC2.Cl. The second-order valence-corrected chi connectivity index (χ2v) is 6.22. The van der Waals surface area contributed by atoms with Gasteiger partial charge in [0.15, 0.2) is 0 Å². The van der Waals surface area contributed by atoms with Crippen molar-refractivity contribution in [3.05, 3.63) is 29.3 Å². The summed E-state index contributed by atoms with van der Waals surface area (Å²) >= 11 is 0. The molecule has 3 nitrogen and oxygen atoms in total. The van der Waals surface area contributed by atoms with Crippen molar-refractivity contribution < 1.29 is 4.79 Å². The summed E-state index contributed by atoms with van der Waals surface area (Å²) in [5, 5.41) is 0. The Hall–Kier alpha value is -1.06. The van der Waals surface area contributed by atoms with Crippen LogP contribution in [0.25, 0.3) is 0 Å². The van der Waals surface area contributed by atoms with Gasteiger partial charge in [-0.2, -0.15) is 0 Å². The van der Waals surface area contributed by atoms with Gasteiger partial charge in [-0.05, 0) is 36.0 Å². The van der Waals surface area contributed by atoms with Crippen molar-refractivity contribution in [1.29, 1.82) is 0 Å². The van der Waals surface area contributed by atoms with Gasteiger partial charge >= 0.3 is 0 Å². The molecule has 1 aromatic rings. The fraction of sp³-hybridized carbons (Fsp3) is 0.533. The zero-order valence-corrected chi connectivity index (χ0v) is 12.9. The Balaban J connectivity index is 0.00000180. The summed E-state index contributed by atoms with van der Waals surface area (Å²) in [5.74, 6) is 0.0341. The number of hydrogen-bond acceptors (Lipinski definition) is 2. The van der Waals surface area contributed by atoms with Crippen LogP contribution < -0.4 is 10.6 Å². The van der Waals surface area contributed by atoms with Gasteiger partial charge in [-0.15, -0.1) is 12.4 Å². The third-order valence-electron chi connectivity index (χ3n) is 3.60. The van der Waals surface area contributed by atoms with Crippen LogP contribution in [-0.2, 0) is 11.2 Å². The van der Waals surface area contributed by atoms with E-state index in [1.165, 1.54) is 11.1 Å². The molecule has 1 atom stereocenters. The van der Waals surface area contributed by atoms with E-state index in [4.69, 9.17) is 5.73 Å². The van der Waals surface area contributed by atoms with E-state index in [9.17, 15) is 4.79 Å². The van der Waals surface area contributed by atoms with E-state index in [1.54, 1.807) is 0 Å². The van der Waals surface area contributed by atoms with Crippen LogP contribution in [0.2, 0.25) is 0 Å². The van der Waals surface area contributed by atoms with Gasteiger partial charge in [0.2, 0.25) is 5.91 Å². The molecule has 0 spiro atoms. The molecule has 0 saturated heterocycles. The van der Waals surface area contributed by atoms with Gasteiger partial charge in [0.25, 0.3) is 0 Å². The molecule has 1 aromatic carbocycles. The van der Waals surface area contributed by atoms with Gasteiger partial charge in [-0.1, -0.05) is 32.9 Å². The summed E-state index contributed by atoms with van der Waals surface area (Å²) in [4.78, 5) is 14.3. The first-order valence-corrected chi connectivity index (χ1v) is 6.47. The molecule has 106 valence electrons. The minimum Gasteiger partial charge on any atom is -0.319 e. The number of benzene rings is 1. The number of nitrogens with two attached hydrogens (primary N) is 1. The molecule has 1 amide bonds. The molecular weight excluding hydrogens is 260 g/mol. The predicted molar refractivity (Wildman–Crippen MR) is 81.9 cm³/mol. The molecule has 1 heterocycles. The van der Waals surface area contributed by atoms with Crippen LogP contribution in [0.4, 0.5) is 5.69 Å². The van der Waals surface area contributed by atoms with Crippen molar-refractivity contribution in [2.75, 3.05) is 11.4 Å². The molecule has 0 radical (unpaired) electrons. The number of carbonyl (C=O) groups is 1.